The van der Waals surface area contributed by atoms with Crippen molar-refractivity contribution in [3.8, 4) is 5.75 Å². The molecule has 1 aliphatic heterocycles. The minimum absolute atomic E-state index is 0.247. The van der Waals surface area contributed by atoms with Crippen molar-refractivity contribution < 1.29 is 13.2 Å². The summed E-state index contributed by atoms with van der Waals surface area (Å²) in [5.74, 6) is 1.93. The molecule has 40 heavy (non-hydrogen) atoms. The zero-order valence-corrected chi connectivity index (χ0v) is 24.6. The summed E-state index contributed by atoms with van der Waals surface area (Å²) in [4.78, 5) is 17.8. The molecule has 9 nitrogen and oxygen atoms in total. The Kier molecular flexibility index (Phi) is 8.00. The van der Waals surface area contributed by atoms with Gasteiger partial charge in [0.1, 0.15) is 17.1 Å². The summed E-state index contributed by atoms with van der Waals surface area (Å²) in [6.45, 7) is 5.40. The largest absolute Gasteiger partial charge is 0.496 e. The number of ether oxygens (including phenoxy) is 1. The van der Waals surface area contributed by atoms with E-state index >= 15 is 0 Å². The molecule has 0 amide bonds. The van der Waals surface area contributed by atoms with Crippen LogP contribution >= 0.6 is 0 Å². The monoisotopic (exact) mass is 562 g/mol. The van der Waals surface area contributed by atoms with E-state index in [9.17, 15) is 8.42 Å². The molecular weight excluding hydrogens is 524 g/mol. The number of anilines is 3. The van der Waals surface area contributed by atoms with Gasteiger partial charge in [-0.05, 0) is 65.0 Å². The molecule has 2 aromatic heterocycles. The Hall–Kier alpha value is -3.63. The van der Waals surface area contributed by atoms with Gasteiger partial charge in [0, 0.05) is 49.1 Å². The molecule has 0 saturated carbocycles. The average molecular weight is 563 g/mol. The number of H-pyrrole nitrogens is 1. The SMILES string of the molecule is COc1cc(N2CCC(N(C)C)CC2)ccc1Cc1nc(Nc2ccccc2S(=O)(=O)C(C)C)c2[nH]ccc2n1. The number of fused-ring (bicyclic) bond motifs is 1. The normalized spacial score (nSPS) is 14.8. The highest BCUT2D eigenvalue weighted by Crippen LogP contribution is 2.32. The molecule has 1 saturated heterocycles. The van der Waals surface area contributed by atoms with Crippen molar-refractivity contribution in [2.75, 3.05) is 44.5 Å². The number of methoxy groups -OCH3 is 1. The van der Waals surface area contributed by atoms with Crippen molar-refractivity contribution in [3.05, 3.63) is 66.1 Å². The van der Waals surface area contributed by atoms with Gasteiger partial charge in [-0.3, -0.25) is 0 Å². The third-order valence-electron chi connectivity index (χ3n) is 7.70. The van der Waals surface area contributed by atoms with Crippen molar-refractivity contribution in [2.45, 2.75) is 49.3 Å². The van der Waals surface area contributed by atoms with E-state index in [0.717, 1.165) is 48.4 Å². The van der Waals surface area contributed by atoms with E-state index in [2.05, 4.69) is 52.4 Å². The second kappa shape index (κ2) is 11.5. The van der Waals surface area contributed by atoms with Crippen LogP contribution in [0.25, 0.3) is 11.0 Å². The van der Waals surface area contributed by atoms with Gasteiger partial charge in [-0.25, -0.2) is 18.4 Å². The van der Waals surface area contributed by atoms with Gasteiger partial charge in [0.05, 0.1) is 28.5 Å². The van der Waals surface area contributed by atoms with Gasteiger partial charge in [0.2, 0.25) is 0 Å². The molecule has 0 spiro atoms. The standard InChI is InChI=1S/C30H38N6O3S/c1-20(2)40(37,38)27-9-7-6-8-24(27)33-30-29-25(12-15-31-29)32-28(34-30)18-21-10-11-23(19-26(21)39-5)36-16-13-22(14-17-36)35(3)4/h6-12,15,19-20,22,31H,13-14,16-18H2,1-5H3,(H,32,33,34). The van der Waals surface area contributed by atoms with Gasteiger partial charge >= 0.3 is 0 Å². The second-order valence-corrected chi connectivity index (χ2v) is 13.3. The summed E-state index contributed by atoms with van der Waals surface area (Å²) in [7, 11) is 2.50. The van der Waals surface area contributed by atoms with Gasteiger partial charge in [-0.2, -0.15) is 0 Å². The summed E-state index contributed by atoms with van der Waals surface area (Å²) in [5.41, 5.74) is 4.08. The van der Waals surface area contributed by atoms with Crippen molar-refractivity contribution in [2.24, 2.45) is 0 Å². The molecule has 1 aliphatic rings. The molecule has 10 heteroatoms. The number of benzene rings is 2. The number of rotatable bonds is 9. The van der Waals surface area contributed by atoms with Gasteiger partial charge in [0.25, 0.3) is 0 Å². The summed E-state index contributed by atoms with van der Waals surface area (Å²) in [6, 6.07) is 15.8. The van der Waals surface area contributed by atoms with Crippen LogP contribution in [0.2, 0.25) is 0 Å². The highest BCUT2D eigenvalue weighted by atomic mass is 32.2. The Morgan fingerprint density at radius 3 is 2.55 bits per heavy atom. The van der Waals surface area contributed by atoms with E-state index in [-0.39, 0.29) is 4.90 Å². The van der Waals surface area contributed by atoms with Crippen LogP contribution in [0, 0.1) is 0 Å². The first-order valence-corrected chi connectivity index (χ1v) is 15.2. The number of hydrogen-bond donors (Lipinski definition) is 2. The maximum atomic E-state index is 13.0. The Bertz CT molecular complexity index is 1590. The number of aromatic amines is 1. The minimum Gasteiger partial charge on any atom is -0.496 e. The molecule has 212 valence electrons. The third-order valence-corrected chi connectivity index (χ3v) is 9.91. The zero-order chi connectivity index (χ0) is 28.4. The average Bonchev–Trinajstić information content (AvgIpc) is 3.42. The van der Waals surface area contributed by atoms with Crippen molar-refractivity contribution >= 4 is 38.1 Å². The number of aromatic nitrogens is 3. The van der Waals surface area contributed by atoms with Crippen LogP contribution in [0.15, 0.2) is 59.6 Å². The van der Waals surface area contributed by atoms with E-state index in [1.807, 2.05) is 12.1 Å². The zero-order valence-electron chi connectivity index (χ0n) is 23.8. The van der Waals surface area contributed by atoms with Crippen LogP contribution in [-0.4, -0.2) is 73.9 Å². The van der Waals surface area contributed by atoms with Crippen LogP contribution in [0.1, 0.15) is 38.1 Å². The minimum atomic E-state index is -3.50. The lowest BCUT2D eigenvalue weighted by Gasteiger charge is -2.36. The first-order valence-electron chi connectivity index (χ1n) is 13.7. The molecule has 0 radical (unpaired) electrons. The molecule has 1 fully saturated rings. The van der Waals surface area contributed by atoms with Gasteiger partial charge in [0.15, 0.2) is 15.7 Å². The van der Waals surface area contributed by atoms with Crippen molar-refractivity contribution in [1.29, 1.82) is 0 Å². The molecule has 2 aromatic carbocycles. The van der Waals surface area contributed by atoms with Crippen LogP contribution < -0.4 is 15.0 Å². The van der Waals surface area contributed by atoms with E-state index < -0.39 is 15.1 Å². The Balaban J connectivity index is 1.43. The van der Waals surface area contributed by atoms with Crippen molar-refractivity contribution in [3.63, 3.8) is 0 Å². The molecule has 0 bridgehead atoms. The van der Waals surface area contributed by atoms with Gasteiger partial charge in [-0.1, -0.05) is 18.2 Å². The number of piperidine rings is 1. The molecule has 3 heterocycles. The smallest absolute Gasteiger partial charge is 0.182 e. The Labute approximate surface area is 236 Å². The number of hydrogen-bond acceptors (Lipinski definition) is 8. The molecule has 0 aliphatic carbocycles. The summed E-state index contributed by atoms with van der Waals surface area (Å²) >= 11 is 0. The van der Waals surface area contributed by atoms with E-state index in [0.29, 0.717) is 35.3 Å². The lowest BCUT2D eigenvalue weighted by molar-refractivity contribution is 0.249. The summed E-state index contributed by atoms with van der Waals surface area (Å²) in [5, 5.41) is 2.73. The first-order chi connectivity index (χ1) is 19.2. The first kappa shape index (κ1) is 27.9. The van der Waals surface area contributed by atoms with Gasteiger partial charge in [-0.15, -0.1) is 0 Å². The van der Waals surface area contributed by atoms with E-state index in [4.69, 9.17) is 14.7 Å². The number of nitrogens with zero attached hydrogens (tertiary/aromatic N) is 4. The topological polar surface area (TPSA) is 103 Å². The highest BCUT2D eigenvalue weighted by molar-refractivity contribution is 7.92. The quantitative estimate of drug-likeness (QED) is 0.293. The van der Waals surface area contributed by atoms with Crippen LogP contribution in [0.3, 0.4) is 0 Å². The fraction of sp³-hybridized carbons (Fsp3) is 0.400. The predicted molar refractivity (Wildman–Crippen MR) is 161 cm³/mol. The number of sulfone groups is 1. The van der Waals surface area contributed by atoms with Crippen LogP contribution in [0.4, 0.5) is 17.2 Å². The summed E-state index contributed by atoms with van der Waals surface area (Å²) < 4.78 is 31.8. The van der Waals surface area contributed by atoms with E-state index in [1.54, 1.807) is 45.4 Å². The molecule has 5 rings (SSSR count). The van der Waals surface area contributed by atoms with Crippen LogP contribution in [0.5, 0.6) is 5.75 Å². The van der Waals surface area contributed by atoms with E-state index in [1.165, 1.54) is 0 Å². The lowest BCUT2D eigenvalue weighted by Crippen LogP contribution is -2.41. The predicted octanol–water partition coefficient (Wildman–Crippen LogP) is 5.01. The lowest BCUT2D eigenvalue weighted by atomic mass is 10.0. The Morgan fingerprint density at radius 2 is 1.85 bits per heavy atom. The maximum absolute atomic E-state index is 13.0. The van der Waals surface area contributed by atoms with Gasteiger partial charge < -0.3 is 24.8 Å². The maximum Gasteiger partial charge on any atom is 0.182 e. The van der Waals surface area contributed by atoms with Crippen molar-refractivity contribution in [1.82, 2.24) is 19.9 Å². The molecule has 0 atom stereocenters. The second-order valence-electron chi connectivity index (χ2n) is 10.8. The highest BCUT2D eigenvalue weighted by Gasteiger charge is 2.24. The van der Waals surface area contributed by atoms with Crippen LogP contribution in [-0.2, 0) is 16.3 Å². The molecular formula is C30H38N6O3S. The number of nitrogens with one attached hydrogen (secondary N) is 2. The molecule has 2 N–H and O–H groups in total. The fourth-order valence-electron chi connectivity index (χ4n) is 5.25. The summed E-state index contributed by atoms with van der Waals surface area (Å²) in [6.07, 6.45) is 4.55. The number of para-hydroxylation sites is 1. The Morgan fingerprint density at radius 1 is 1.10 bits per heavy atom. The molecule has 0 unspecified atom stereocenters. The fourth-order valence-corrected chi connectivity index (χ4v) is 6.45. The third kappa shape index (κ3) is 5.64. The molecule has 4 aromatic rings.